The number of nitrogens with two attached hydrogens (primary N) is 1. The van der Waals surface area contributed by atoms with Crippen molar-refractivity contribution in [3.63, 3.8) is 0 Å². The van der Waals surface area contributed by atoms with E-state index in [4.69, 9.17) is 10.5 Å². The van der Waals surface area contributed by atoms with Gasteiger partial charge in [0.1, 0.15) is 11.6 Å². The van der Waals surface area contributed by atoms with Crippen LogP contribution in [-0.2, 0) is 4.79 Å². The molecule has 0 bridgehead atoms. The van der Waals surface area contributed by atoms with Gasteiger partial charge >= 0.3 is 0 Å². The van der Waals surface area contributed by atoms with Gasteiger partial charge in [-0.25, -0.2) is 4.39 Å². The summed E-state index contributed by atoms with van der Waals surface area (Å²) in [6, 6.07) is 11.3. The standard InChI is InChI=1S/C19H21FN2O2/c1-2-3-12-24-18-10-8-14(13-16(18)21)9-11-19(23)22-17-7-5-4-6-15(17)20/h4-11,13H,2-3,12,21H2,1H3,(H,22,23)/b11-9-. The van der Waals surface area contributed by atoms with E-state index in [-0.39, 0.29) is 5.69 Å². The molecule has 0 saturated heterocycles. The molecule has 2 rings (SSSR count). The minimum absolute atomic E-state index is 0.145. The average molecular weight is 328 g/mol. The molecule has 0 aromatic heterocycles. The van der Waals surface area contributed by atoms with Gasteiger partial charge < -0.3 is 15.8 Å². The number of halogens is 1. The van der Waals surface area contributed by atoms with Gasteiger partial charge in [-0.15, -0.1) is 0 Å². The molecule has 0 fully saturated rings. The second-order valence-electron chi connectivity index (χ2n) is 5.30. The van der Waals surface area contributed by atoms with Gasteiger partial charge in [0.25, 0.3) is 0 Å². The highest BCUT2D eigenvalue weighted by Crippen LogP contribution is 2.23. The van der Waals surface area contributed by atoms with Crippen LogP contribution in [0.2, 0.25) is 0 Å². The second kappa shape index (κ2) is 8.72. The van der Waals surface area contributed by atoms with Crippen LogP contribution in [0.5, 0.6) is 5.75 Å². The SMILES string of the molecule is CCCCOc1ccc(/C=C\C(=O)Nc2ccccc2F)cc1N. The van der Waals surface area contributed by atoms with Gasteiger partial charge in [-0.3, -0.25) is 4.79 Å². The summed E-state index contributed by atoms with van der Waals surface area (Å²) < 4.78 is 19.0. The van der Waals surface area contributed by atoms with Crippen LogP contribution in [0.15, 0.2) is 48.5 Å². The lowest BCUT2D eigenvalue weighted by atomic mass is 10.1. The molecule has 3 N–H and O–H groups in total. The lowest BCUT2D eigenvalue weighted by molar-refractivity contribution is -0.111. The number of carbonyl (C=O) groups is 1. The zero-order chi connectivity index (χ0) is 17.4. The molecule has 126 valence electrons. The Hall–Kier alpha value is -2.82. The summed E-state index contributed by atoms with van der Waals surface area (Å²) in [6.07, 6.45) is 4.97. The summed E-state index contributed by atoms with van der Waals surface area (Å²) in [5.74, 6) is -0.254. The van der Waals surface area contributed by atoms with E-state index < -0.39 is 11.7 Å². The fourth-order valence-corrected chi connectivity index (χ4v) is 2.04. The average Bonchev–Trinajstić information content (AvgIpc) is 2.57. The van der Waals surface area contributed by atoms with Gasteiger partial charge in [0.15, 0.2) is 0 Å². The molecule has 2 aromatic rings. The molecule has 0 aliphatic carbocycles. The number of nitrogens with one attached hydrogen (secondary N) is 1. The van der Waals surface area contributed by atoms with E-state index >= 15 is 0 Å². The van der Waals surface area contributed by atoms with Crippen LogP contribution in [-0.4, -0.2) is 12.5 Å². The van der Waals surface area contributed by atoms with Crippen LogP contribution in [0.3, 0.4) is 0 Å². The van der Waals surface area contributed by atoms with Gasteiger partial charge in [-0.2, -0.15) is 0 Å². The summed E-state index contributed by atoms with van der Waals surface area (Å²) in [7, 11) is 0. The number of anilines is 2. The lowest BCUT2D eigenvalue weighted by Crippen LogP contribution is -2.09. The predicted molar refractivity (Wildman–Crippen MR) is 95.3 cm³/mol. The summed E-state index contributed by atoms with van der Waals surface area (Å²) in [6.45, 7) is 2.72. The number of carbonyl (C=O) groups excluding carboxylic acids is 1. The monoisotopic (exact) mass is 328 g/mol. The molecular formula is C19H21FN2O2. The Labute approximate surface area is 141 Å². The number of amides is 1. The topological polar surface area (TPSA) is 64.3 Å². The van der Waals surface area contributed by atoms with Gasteiger partial charge in [0, 0.05) is 6.08 Å². The maximum absolute atomic E-state index is 13.5. The third kappa shape index (κ3) is 5.12. The highest BCUT2D eigenvalue weighted by molar-refractivity contribution is 6.02. The number of rotatable bonds is 7. The molecule has 0 aliphatic heterocycles. The molecule has 4 nitrogen and oxygen atoms in total. The number of hydrogen-bond acceptors (Lipinski definition) is 3. The summed E-state index contributed by atoms with van der Waals surface area (Å²) in [5, 5.41) is 2.48. The first-order valence-electron chi connectivity index (χ1n) is 7.86. The molecule has 0 spiro atoms. The molecule has 0 radical (unpaired) electrons. The molecule has 2 aromatic carbocycles. The Balaban J connectivity index is 1.97. The summed E-state index contributed by atoms with van der Waals surface area (Å²) >= 11 is 0. The Kier molecular flexibility index (Phi) is 6.37. The highest BCUT2D eigenvalue weighted by atomic mass is 19.1. The Bertz CT molecular complexity index is 729. The molecule has 0 atom stereocenters. The van der Waals surface area contributed by atoms with Crippen molar-refractivity contribution in [3.8, 4) is 5.75 Å². The van der Waals surface area contributed by atoms with E-state index in [0.29, 0.717) is 18.0 Å². The lowest BCUT2D eigenvalue weighted by Gasteiger charge is -2.08. The Morgan fingerprint density at radius 2 is 2.08 bits per heavy atom. The van der Waals surface area contributed by atoms with Gasteiger partial charge in [0.05, 0.1) is 18.0 Å². The quantitative estimate of drug-likeness (QED) is 0.454. The minimum atomic E-state index is -0.475. The minimum Gasteiger partial charge on any atom is -0.491 e. The molecule has 24 heavy (non-hydrogen) atoms. The first-order chi connectivity index (χ1) is 11.6. The van der Waals surface area contributed by atoms with Crippen molar-refractivity contribution in [2.45, 2.75) is 19.8 Å². The normalized spacial score (nSPS) is 10.8. The van der Waals surface area contributed by atoms with Crippen molar-refractivity contribution < 1.29 is 13.9 Å². The molecular weight excluding hydrogens is 307 g/mol. The molecule has 1 amide bonds. The van der Waals surface area contributed by atoms with E-state index in [9.17, 15) is 9.18 Å². The van der Waals surface area contributed by atoms with Crippen LogP contribution in [0.1, 0.15) is 25.3 Å². The van der Waals surface area contributed by atoms with Crippen molar-refractivity contribution in [2.24, 2.45) is 0 Å². The number of hydrogen-bond donors (Lipinski definition) is 2. The third-order valence-electron chi connectivity index (χ3n) is 3.35. The number of nitrogen functional groups attached to an aromatic ring is 1. The van der Waals surface area contributed by atoms with E-state index in [0.717, 1.165) is 18.4 Å². The van der Waals surface area contributed by atoms with Crippen LogP contribution >= 0.6 is 0 Å². The zero-order valence-corrected chi connectivity index (χ0v) is 13.6. The predicted octanol–water partition coefficient (Wildman–Crippen LogP) is 4.24. The number of para-hydroxylation sites is 1. The van der Waals surface area contributed by atoms with Gasteiger partial charge in [-0.1, -0.05) is 31.5 Å². The Morgan fingerprint density at radius 3 is 2.79 bits per heavy atom. The van der Waals surface area contributed by atoms with E-state index in [2.05, 4.69) is 12.2 Å². The number of ether oxygens (including phenoxy) is 1. The third-order valence-corrected chi connectivity index (χ3v) is 3.35. The maximum atomic E-state index is 13.5. The number of benzene rings is 2. The van der Waals surface area contributed by atoms with Gasteiger partial charge in [-0.05, 0) is 42.3 Å². The van der Waals surface area contributed by atoms with Gasteiger partial charge in [0.2, 0.25) is 5.91 Å². The fraction of sp³-hybridized carbons (Fsp3) is 0.211. The number of unbranched alkanes of at least 4 members (excludes halogenated alkanes) is 1. The Morgan fingerprint density at radius 1 is 1.29 bits per heavy atom. The molecule has 0 aliphatic rings. The molecule has 0 saturated carbocycles. The molecule has 0 unspecified atom stereocenters. The fourth-order valence-electron chi connectivity index (χ4n) is 2.04. The second-order valence-corrected chi connectivity index (χ2v) is 5.30. The van der Waals surface area contributed by atoms with Crippen LogP contribution in [0, 0.1) is 5.82 Å². The highest BCUT2D eigenvalue weighted by Gasteiger charge is 2.04. The van der Waals surface area contributed by atoms with Crippen LogP contribution in [0.25, 0.3) is 6.08 Å². The molecule has 0 heterocycles. The van der Waals surface area contributed by atoms with Crippen molar-refractivity contribution in [3.05, 3.63) is 59.9 Å². The van der Waals surface area contributed by atoms with Crippen LogP contribution < -0.4 is 15.8 Å². The van der Waals surface area contributed by atoms with Crippen molar-refractivity contribution in [1.82, 2.24) is 0 Å². The van der Waals surface area contributed by atoms with Crippen LogP contribution in [0.4, 0.5) is 15.8 Å². The first-order valence-corrected chi connectivity index (χ1v) is 7.86. The van der Waals surface area contributed by atoms with E-state index in [1.165, 1.54) is 18.2 Å². The van der Waals surface area contributed by atoms with E-state index in [1.54, 1.807) is 30.3 Å². The summed E-state index contributed by atoms with van der Waals surface area (Å²) in [5.41, 5.74) is 7.37. The molecule has 5 heteroatoms. The van der Waals surface area contributed by atoms with Crippen molar-refractivity contribution in [1.29, 1.82) is 0 Å². The largest absolute Gasteiger partial charge is 0.491 e. The summed E-state index contributed by atoms with van der Waals surface area (Å²) in [4.78, 5) is 11.8. The smallest absolute Gasteiger partial charge is 0.248 e. The maximum Gasteiger partial charge on any atom is 0.248 e. The van der Waals surface area contributed by atoms with Crippen molar-refractivity contribution >= 4 is 23.4 Å². The van der Waals surface area contributed by atoms with E-state index in [1.807, 2.05) is 6.07 Å². The van der Waals surface area contributed by atoms with Crippen molar-refractivity contribution in [2.75, 3.05) is 17.7 Å². The first kappa shape index (κ1) is 17.5. The zero-order valence-electron chi connectivity index (χ0n) is 13.6.